The van der Waals surface area contributed by atoms with Crippen LogP contribution in [0.25, 0.3) is 6.08 Å². The van der Waals surface area contributed by atoms with E-state index in [1.54, 1.807) is 24.4 Å². The van der Waals surface area contributed by atoms with Crippen LogP contribution in [0.4, 0.5) is 5.82 Å². The van der Waals surface area contributed by atoms with Crippen molar-refractivity contribution in [3.8, 4) is 0 Å². The van der Waals surface area contributed by atoms with Crippen molar-refractivity contribution in [2.24, 2.45) is 0 Å². The van der Waals surface area contributed by atoms with Crippen LogP contribution in [0.1, 0.15) is 5.56 Å². The maximum Gasteiger partial charge on any atom is 0.330 e. The predicted molar refractivity (Wildman–Crippen MR) is 49.7 cm³/mol. The van der Waals surface area contributed by atoms with Gasteiger partial charge < -0.3 is 10.5 Å². The van der Waals surface area contributed by atoms with Crippen molar-refractivity contribution in [2.75, 3.05) is 12.8 Å². The monoisotopic (exact) mass is 178 g/mol. The fourth-order valence-corrected chi connectivity index (χ4v) is 0.797. The lowest BCUT2D eigenvalue weighted by molar-refractivity contribution is -0.134. The molecule has 1 heterocycles. The SMILES string of the molecule is COC(=O)/C=C/c1cccnc1N. The third-order valence-electron chi connectivity index (χ3n) is 1.47. The Morgan fingerprint density at radius 2 is 2.46 bits per heavy atom. The average molecular weight is 178 g/mol. The highest BCUT2D eigenvalue weighted by Gasteiger charge is 1.95. The second kappa shape index (κ2) is 4.25. The van der Waals surface area contributed by atoms with Crippen LogP contribution >= 0.6 is 0 Å². The Hall–Kier alpha value is -1.84. The summed E-state index contributed by atoms with van der Waals surface area (Å²) in [5.74, 6) is -0.0223. The van der Waals surface area contributed by atoms with E-state index in [0.717, 1.165) is 0 Å². The molecule has 0 amide bonds. The standard InChI is InChI=1S/C9H10N2O2/c1-13-8(12)5-4-7-3-2-6-11-9(7)10/h2-6H,1H3,(H2,10,11)/b5-4+. The Kier molecular flexibility index (Phi) is 3.03. The van der Waals surface area contributed by atoms with Crippen LogP contribution in [0.15, 0.2) is 24.4 Å². The first kappa shape index (κ1) is 9.25. The molecule has 0 aliphatic rings. The van der Waals surface area contributed by atoms with Gasteiger partial charge in [-0.05, 0) is 18.2 Å². The van der Waals surface area contributed by atoms with Gasteiger partial charge in [-0.1, -0.05) is 0 Å². The quantitative estimate of drug-likeness (QED) is 0.538. The summed E-state index contributed by atoms with van der Waals surface area (Å²) < 4.78 is 4.42. The highest BCUT2D eigenvalue weighted by atomic mass is 16.5. The summed E-state index contributed by atoms with van der Waals surface area (Å²) in [6.45, 7) is 0. The third-order valence-corrected chi connectivity index (χ3v) is 1.47. The molecule has 2 N–H and O–H groups in total. The number of esters is 1. The number of carbonyl (C=O) groups is 1. The van der Waals surface area contributed by atoms with E-state index in [1.165, 1.54) is 13.2 Å². The minimum Gasteiger partial charge on any atom is -0.466 e. The maximum atomic E-state index is 10.7. The maximum absolute atomic E-state index is 10.7. The lowest BCUT2D eigenvalue weighted by atomic mass is 10.2. The van der Waals surface area contributed by atoms with Crippen molar-refractivity contribution in [2.45, 2.75) is 0 Å². The molecule has 0 aliphatic heterocycles. The Bertz CT molecular complexity index is 334. The minimum absolute atomic E-state index is 0.391. The Morgan fingerprint density at radius 1 is 1.69 bits per heavy atom. The van der Waals surface area contributed by atoms with Gasteiger partial charge in [0.2, 0.25) is 0 Å². The minimum atomic E-state index is -0.414. The highest BCUT2D eigenvalue weighted by Crippen LogP contribution is 2.08. The highest BCUT2D eigenvalue weighted by molar-refractivity contribution is 5.87. The first-order chi connectivity index (χ1) is 6.24. The van der Waals surface area contributed by atoms with Crippen molar-refractivity contribution in [1.29, 1.82) is 0 Å². The van der Waals surface area contributed by atoms with E-state index in [1.807, 2.05) is 0 Å². The molecule has 0 aromatic carbocycles. The number of rotatable bonds is 2. The number of aromatic nitrogens is 1. The largest absolute Gasteiger partial charge is 0.466 e. The van der Waals surface area contributed by atoms with Crippen molar-refractivity contribution in [1.82, 2.24) is 4.98 Å². The smallest absolute Gasteiger partial charge is 0.330 e. The number of nitrogen functional groups attached to an aromatic ring is 1. The number of ether oxygens (including phenoxy) is 1. The molecular weight excluding hydrogens is 168 g/mol. The lowest BCUT2D eigenvalue weighted by Crippen LogP contribution is -1.95. The van der Waals surface area contributed by atoms with Crippen LogP contribution in [0.5, 0.6) is 0 Å². The van der Waals surface area contributed by atoms with E-state index < -0.39 is 5.97 Å². The molecule has 13 heavy (non-hydrogen) atoms. The van der Waals surface area contributed by atoms with Crippen molar-refractivity contribution >= 4 is 17.9 Å². The molecule has 0 radical (unpaired) electrons. The van der Waals surface area contributed by atoms with Gasteiger partial charge in [0.1, 0.15) is 5.82 Å². The first-order valence-electron chi connectivity index (χ1n) is 3.70. The van der Waals surface area contributed by atoms with Crippen LogP contribution in [0, 0.1) is 0 Å². The van der Waals surface area contributed by atoms with Crippen molar-refractivity contribution < 1.29 is 9.53 Å². The second-order valence-corrected chi connectivity index (χ2v) is 2.33. The molecule has 0 fully saturated rings. The molecule has 1 aromatic heterocycles. The zero-order chi connectivity index (χ0) is 9.68. The van der Waals surface area contributed by atoms with E-state index in [2.05, 4.69) is 9.72 Å². The van der Waals surface area contributed by atoms with Gasteiger partial charge in [0.25, 0.3) is 0 Å². The molecule has 1 aromatic rings. The molecule has 1 rings (SSSR count). The van der Waals surface area contributed by atoms with Gasteiger partial charge in [-0.3, -0.25) is 0 Å². The number of nitrogens with two attached hydrogens (primary N) is 1. The van der Waals surface area contributed by atoms with E-state index in [0.29, 0.717) is 11.4 Å². The summed E-state index contributed by atoms with van der Waals surface area (Å²) in [6, 6.07) is 3.51. The van der Waals surface area contributed by atoms with Crippen LogP contribution in [-0.2, 0) is 9.53 Å². The topological polar surface area (TPSA) is 65.2 Å². The van der Waals surface area contributed by atoms with E-state index in [-0.39, 0.29) is 0 Å². The summed E-state index contributed by atoms with van der Waals surface area (Å²) in [4.78, 5) is 14.6. The Labute approximate surface area is 76.0 Å². The first-order valence-corrected chi connectivity index (χ1v) is 3.70. The summed E-state index contributed by atoms with van der Waals surface area (Å²) in [7, 11) is 1.32. The molecule has 0 saturated carbocycles. The van der Waals surface area contributed by atoms with Crippen molar-refractivity contribution in [3.63, 3.8) is 0 Å². The van der Waals surface area contributed by atoms with Crippen LogP contribution in [0.2, 0.25) is 0 Å². The number of anilines is 1. The summed E-state index contributed by atoms with van der Waals surface area (Å²) >= 11 is 0. The molecular formula is C9H10N2O2. The summed E-state index contributed by atoms with van der Waals surface area (Å²) in [5.41, 5.74) is 6.24. The van der Waals surface area contributed by atoms with Gasteiger partial charge >= 0.3 is 5.97 Å². The zero-order valence-electron chi connectivity index (χ0n) is 7.23. The Balaban J connectivity index is 2.80. The molecule has 0 aliphatic carbocycles. The van der Waals surface area contributed by atoms with Crippen LogP contribution in [0.3, 0.4) is 0 Å². The van der Waals surface area contributed by atoms with E-state index >= 15 is 0 Å². The molecule has 0 bridgehead atoms. The second-order valence-electron chi connectivity index (χ2n) is 2.33. The number of hydrogen-bond acceptors (Lipinski definition) is 4. The van der Waals surface area contributed by atoms with Gasteiger partial charge in [0.15, 0.2) is 0 Å². The molecule has 4 heteroatoms. The summed E-state index contributed by atoms with van der Waals surface area (Å²) in [5, 5.41) is 0. The van der Waals surface area contributed by atoms with Gasteiger partial charge in [-0.2, -0.15) is 0 Å². The number of carbonyl (C=O) groups excluding carboxylic acids is 1. The van der Waals surface area contributed by atoms with Gasteiger partial charge in [-0.25, -0.2) is 9.78 Å². The molecule has 0 spiro atoms. The van der Waals surface area contributed by atoms with Crippen molar-refractivity contribution in [3.05, 3.63) is 30.0 Å². The molecule has 68 valence electrons. The van der Waals surface area contributed by atoms with Gasteiger partial charge in [0.05, 0.1) is 7.11 Å². The normalized spacial score (nSPS) is 10.2. The third kappa shape index (κ3) is 2.59. The number of hydrogen-bond donors (Lipinski definition) is 1. The average Bonchev–Trinajstić information content (AvgIpc) is 2.16. The fraction of sp³-hybridized carbons (Fsp3) is 0.111. The fourth-order valence-electron chi connectivity index (χ4n) is 0.797. The number of nitrogens with zero attached hydrogens (tertiary/aromatic N) is 1. The summed E-state index contributed by atoms with van der Waals surface area (Å²) in [6.07, 6.45) is 4.45. The zero-order valence-corrected chi connectivity index (χ0v) is 7.23. The van der Waals surface area contributed by atoms with Crippen LogP contribution in [-0.4, -0.2) is 18.1 Å². The van der Waals surface area contributed by atoms with Gasteiger partial charge in [-0.15, -0.1) is 0 Å². The molecule has 0 unspecified atom stereocenters. The lowest BCUT2D eigenvalue weighted by Gasteiger charge is -1.96. The predicted octanol–water partition coefficient (Wildman–Crippen LogP) is 0.850. The molecule has 0 atom stereocenters. The molecule has 0 saturated heterocycles. The number of pyridine rings is 1. The Morgan fingerprint density at radius 3 is 3.08 bits per heavy atom. The van der Waals surface area contributed by atoms with E-state index in [9.17, 15) is 4.79 Å². The van der Waals surface area contributed by atoms with E-state index in [4.69, 9.17) is 5.73 Å². The molecule has 4 nitrogen and oxygen atoms in total. The van der Waals surface area contributed by atoms with Crippen LogP contribution < -0.4 is 5.73 Å². The number of methoxy groups -OCH3 is 1. The van der Waals surface area contributed by atoms with Gasteiger partial charge in [0, 0.05) is 17.8 Å².